The van der Waals surface area contributed by atoms with Gasteiger partial charge in [0.2, 0.25) is 0 Å². The molecule has 0 atom stereocenters. The van der Waals surface area contributed by atoms with Gasteiger partial charge in [0.25, 0.3) is 0 Å². The molecule has 13 heavy (non-hydrogen) atoms. The fraction of sp³-hybridized carbons (Fsp3) is 0.700. The predicted octanol–water partition coefficient (Wildman–Crippen LogP) is 0.887. The number of aryl methyl sites for hydroxylation is 1. The maximum absolute atomic E-state index is 4.45. The highest BCUT2D eigenvalue weighted by Gasteiger charge is 2.49. The zero-order valence-corrected chi connectivity index (χ0v) is 7.95. The van der Waals surface area contributed by atoms with E-state index in [9.17, 15) is 0 Å². The van der Waals surface area contributed by atoms with Crippen LogP contribution in [0.1, 0.15) is 24.5 Å². The van der Waals surface area contributed by atoms with Gasteiger partial charge in [-0.1, -0.05) is 0 Å². The summed E-state index contributed by atoms with van der Waals surface area (Å²) in [7, 11) is 1.99. The number of aromatic nitrogens is 2. The van der Waals surface area contributed by atoms with E-state index < -0.39 is 0 Å². The highest BCUT2D eigenvalue weighted by atomic mass is 15.2. The van der Waals surface area contributed by atoms with Crippen LogP contribution in [0.4, 0.5) is 0 Å². The van der Waals surface area contributed by atoms with Gasteiger partial charge < -0.3 is 5.32 Å². The van der Waals surface area contributed by atoms with Crippen LogP contribution in [0.25, 0.3) is 0 Å². The predicted molar refractivity (Wildman–Crippen MR) is 50.5 cm³/mol. The van der Waals surface area contributed by atoms with Gasteiger partial charge in [0.05, 0.1) is 5.69 Å². The van der Waals surface area contributed by atoms with Crippen molar-refractivity contribution in [2.45, 2.75) is 18.8 Å². The number of nitrogens with one attached hydrogen (secondary N) is 1. The minimum absolute atomic E-state index is 0.669. The molecule has 0 unspecified atom stereocenters. The molecule has 1 saturated carbocycles. The van der Waals surface area contributed by atoms with Gasteiger partial charge in [-0.25, -0.2) is 0 Å². The molecule has 70 valence electrons. The molecule has 2 aliphatic rings. The van der Waals surface area contributed by atoms with Gasteiger partial charge in [-0.3, -0.25) is 4.68 Å². The Hall–Kier alpha value is -0.830. The molecule has 3 rings (SSSR count). The molecule has 1 saturated heterocycles. The average molecular weight is 177 g/mol. The standard InChI is InChI=1S/C10H15N3/c1-13-3-2-9(12-13)8-4-10(5-8)6-11-7-10/h2-3,8,11H,4-7H2,1H3. The normalized spacial score (nSPS) is 25.6. The Bertz CT molecular complexity index is 317. The maximum atomic E-state index is 4.45. The van der Waals surface area contributed by atoms with Gasteiger partial charge in [0.15, 0.2) is 0 Å². The zero-order valence-electron chi connectivity index (χ0n) is 7.95. The van der Waals surface area contributed by atoms with Crippen molar-refractivity contribution in [3.05, 3.63) is 18.0 Å². The van der Waals surface area contributed by atoms with E-state index in [2.05, 4.69) is 16.5 Å². The summed E-state index contributed by atoms with van der Waals surface area (Å²) >= 11 is 0. The summed E-state index contributed by atoms with van der Waals surface area (Å²) in [5, 5.41) is 7.81. The van der Waals surface area contributed by atoms with Crippen LogP contribution < -0.4 is 5.32 Å². The summed E-state index contributed by atoms with van der Waals surface area (Å²) in [6.45, 7) is 2.46. The van der Waals surface area contributed by atoms with Crippen molar-refractivity contribution < 1.29 is 0 Å². The van der Waals surface area contributed by atoms with Crippen LogP contribution in [0.2, 0.25) is 0 Å². The van der Waals surface area contributed by atoms with E-state index in [1.807, 2.05) is 17.9 Å². The van der Waals surface area contributed by atoms with Crippen molar-refractivity contribution in [1.82, 2.24) is 15.1 Å². The van der Waals surface area contributed by atoms with Gasteiger partial charge in [0.1, 0.15) is 0 Å². The topological polar surface area (TPSA) is 29.9 Å². The molecular weight excluding hydrogens is 162 g/mol. The Morgan fingerprint density at radius 3 is 2.77 bits per heavy atom. The first-order valence-corrected chi connectivity index (χ1v) is 4.98. The van der Waals surface area contributed by atoms with E-state index in [1.54, 1.807) is 0 Å². The number of rotatable bonds is 1. The van der Waals surface area contributed by atoms with Crippen LogP contribution >= 0.6 is 0 Å². The SMILES string of the molecule is Cn1ccc(C2CC3(CNC3)C2)n1. The molecular formula is C10H15N3. The van der Waals surface area contributed by atoms with E-state index in [0.29, 0.717) is 5.41 Å². The Balaban J connectivity index is 1.70. The van der Waals surface area contributed by atoms with Gasteiger partial charge in [-0.2, -0.15) is 5.10 Å². The smallest absolute Gasteiger partial charge is 0.0655 e. The Morgan fingerprint density at radius 1 is 1.54 bits per heavy atom. The molecule has 2 fully saturated rings. The van der Waals surface area contributed by atoms with Gasteiger partial charge in [-0.15, -0.1) is 0 Å². The molecule has 0 radical (unpaired) electrons. The Kier molecular flexibility index (Phi) is 1.37. The summed E-state index contributed by atoms with van der Waals surface area (Å²) in [5.74, 6) is 0.739. The molecule has 1 N–H and O–H groups in total. The lowest BCUT2D eigenvalue weighted by Gasteiger charge is -2.54. The molecule has 1 spiro atoms. The largest absolute Gasteiger partial charge is 0.316 e. The van der Waals surface area contributed by atoms with Crippen LogP contribution in [0.5, 0.6) is 0 Å². The molecule has 1 aliphatic carbocycles. The highest BCUT2D eigenvalue weighted by molar-refractivity contribution is 5.17. The van der Waals surface area contributed by atoms with Crippen LogP contribution in [0, 0.1) is 5.41 Å². The van der Waals surface area contributed by atoms with E-state index in [4.69, 9.17) is 0 Å². The number of nitrogens with zero attached hydrogens (tertiary/aromatic N) is 2. The van der Waals surface area contributed by atoms with Crippen LogP contribution in [0.15, 0.2) is 12.3 Å². The summed E-state index contributed by atoms with van der Waals surface area (Å²) in [6, 6.07) is 2.16. The summed E-state index contributed by atoms with van der Waals surface area (Å²) < 4.78 is 1.90. The van der Waals surface area contributed by atoms with Crippen molar-refractivity contribution in [2.24, 2.45) is 12.5 Å². The van der Waals surface area contributed by atoms with Crippen LogP contribution in [0.3, 0.4) is 0 Å². The zero-order chi connectivity index (χ0) is 8.89. The minimum Gasteiger partial charge on any atom is -0.316 e. The molecule has 3 heteroatoms. The summed E-state index contributed by atoms with van der Waals surface area (Å²) in [4.78, 5) is 0. The van der Waals surface area contributed by atoms with Crippen LogP contribution in [-0.2, 0) is 7.05 Å². The van der Waals surface area contributed by atoms with Crippen molar-refractivity contribution in [3.8, 4) is 0 Å². The Morgan fingerprint density at radius 2 is 2.31 bits per heavy atom. The second-order valence-electron chi connectivity index (χ2n) is 4.62. The number of hydrogen-bond acceptors (Lipinski definition) is 2. The maximum Gasteiger partial charge on any atom is 0.0655 e. The first kappa shape index (κ1) is 7.56. The van der Waals surface area contributed by atoms with Crippen molar-refractivity contribution >= 4 is 0 Å². The molecule has 1 aromatic heterocycles. The monoisotopic (exact) mass is 177 g/mol. The van der Waals surface area contributed by atoms with Crippen molar-refractivity contribution in [3.63, 3.8) is 0 Å². The fourth-order valence-electron chi connectivity index (χ4n) is 2.61. The van der Waals surface area contributed by atoms with E-state index in [-0.39, 0.29) is 0 Å². The third kappa shape index (κ3) is 1.03. The lowest BCUT2D eigenvalue weighted by molar-refractivity contribution is 0.0345. The quantitative estimate of drug-likeness (QED) is 0.690. The molecule has 2 heterocycles. The molecule has 0 amide bonds. The van der Waals surface area contributed by atoms with Crippen molar-refractivity contribution in [2.75, 3.05) is 13.1 Å². The molecule has 1 aromatic rings. The second kappa shape index (κ2) is 2.35. The lowest BCUT2D eigenvalue weighted by Crippen LogP contribution is -2.59. The van der Waals surface area contributed by atoms with E-state index >= 15 is 0 Å². The first-order chi connectivity index (χ1) is 6.27. The fourth-order valence-corrected chi connectivity index (χ4v) is 2.61. The highest BCUT2D eigenvalue weighted by Crippen LogP contribution is 2.52. The van der Waals surface area contributed by atoms with Gasteiger partial charge in [0, 0.05) is 32.3 Å². The molecule has 3 nitrogen and oxygen atoms in total. The molecule has 0 bridgehead atoms. The number of hydrogen-bond donors (Lipinski definition) is 1. The van der Waals surface area contributed by atoms with Gasteiger partial charge in [-0.05, 0) is 24.3 Å². The molecule has 0 aromatic carbocycles. The third-order valence-electron chi connectivity index (χ3n) is 3.51. The minimum atomic E-state index is 0.669. The van der Waals surface area contributed by atoms with E-state index in [0.717, 1.165) is 5.92 Å². The third-order valence-corrected chi connectivity index (χ3v) is 3.51. The van der Waals surface area contributed by atoms with Gasteiger partial charge >= 0.3 is 0 Å². The van der Waals surface area contributed by atoms with Crippen molar-refractivity contribution in [1.29, 1.82) is 0 Å². The lowest BCUT2D eigenvalue weighted by atomic mass is 9.58. The van der Waals surface area contributed by atoms with Crippen LogP contribution in [-0.4, -0.2) is 22.9 Å². The van der Waals surface area contributed by atoms with E-state index in [1.165, 1.54) is 31.6 Å². The average Bonchev–Trinajstić information content (AvgIpc) is 2.29. The first-order valence-electron chi connectivity index (χ1n) is 4.98. The Labute approximate surface area is 78.1 Å². The second-order valence-corrected chi connectivity index (χ2v) is 4.62. The summed E-state index contributed by atoms with van der Waals surface area (Å²) in [5.41, 5.74) is 1.96. The molecule has 1 aliphatic heterocycles. The summed E-state index contributed by atoms with van der Waals surface area (Å²) in [6.07, 6.45) is 4.73.